The highest BCUT2D eigenvalue weighted by molar-refractivity contribution is 6.34. The number of ether oxygens (including phenoxy) is 2. The highest BCUT2D eigenvalue weighted by Gasteiger charge is 2.25. The van der Waals surface area contributed by atoms with Crippen LogP contribution in [0.1, 0.15) is 16.7 Å². The number of carbonyl (C=O) groups is 1. The number of rotatable bonds is 3. The number of esters is 1. The standard InChI is InChI=1S/C18H14ClNO3/c1-11-3-5-12(6-4-11)9-16-18(21)23-17(20-16)14-8-7-13(22-2)10-15(14)19/h3-10H,1-2H3/b16-9-. The molecule has 0 radical (unpaired) electrons. The number of benzene rings is 2. The number of halogens is 1. The Morgan fingerprint density at radius 1 is 1.17 bits per heavy atom. The van der Waals surface area contributed by atoms with Crippen LogP contribution in [0.5, 0.6) is 5.75 Å². The minimum atomic E-state index is -0.493. The van der Waals surface area contributed by atoms with E-state index in [1.807, 2.05) is 31.2 Å². The van der Waals surface area contributed by atoms with Crippen LogP contribution in [0.2, 0.25) is 5.02 Å². The van der Waals surface area contributed by atoms with Crippen LogP contribution in [-0.4, -0.2) is 19.0 Å². The summed E-state index contributed by atoms with van der Waals surface area (Å²) in [5, 5.41) is 0.410. The fourth-order valence-electron chi connectivity index (χ4n) is 2.14. The van der Waals surface area contributed by atoms with Crippen molar-refractivity contribution in [3.63, 3.8) is 0 Å². The summed E-state index contributed by atoms with van der Waals surface area (Å²) in [6, 6.07) is 12.9. The summed E-state index contributed by atoms with van der Waals surface area (Å²) >= 11 is 6.19. The molecule has 2 aromatic rings. The minimum Gasteiger partial charge on any atom is -0.497 e. The average molecular weight is 328 g/mol. The van der Waals surface area contributed by atoms with Gasteiger partial charge in [-0.15, -0.1) is 0 Å². The van der Waals surface area contributed by atoms with Gasteiger partial charge in [0.1, 0.15) is 5.75 Å². The first kappa shape index (κ1) is 15.3. The highest BCUT2D eigenvalue weighted by atomic mass is 35.5. The number of cyclic esters (lactones) is 1. The molecule has 4 nitrogen and oxygen atoms in total. The molecule has 1 aliphatic heterocycles. The monoisotopic (exact) mass is 327 g/mol. The van der Waals surface area contributed by atoms with Crippen LogP contribution in [0.15, 0.2) is 53.2 Å². The lowest BCUT2D eigenvalue weighted by molar-refractivity contribution is -0.129. The Bertz CT molecular complexity index is 823. The molecule has 0 atom stereocenters. The topological polar surface area (TPSA) is 47.9 Å². The Morgan fingerprint density at radius 2 is 1.91 bits per heavy atom. The molecule has 0 aliphatic carbocycles. The summed E-state index contributed by atoms with van der Waals surface area (Å²) in [6.07, 6.45) is 1.69. The summed E-state index contributed by atoms with van der Waals surface area (Å²) in [4.78, 5) is 16.2. The number of nitrogens with zero attached hydrogens (tertiary/aromatic N) is 1. The van der Waals surface area contributed by atoms with E-state index in [9.17, 15) is 4.79 Å². The van der Waals surface area contributed by atoms with Crippen molar-refractivity contribution in [2.75, 3.05) is 7.11 Å². The molecule has 0 saturated heterocycles. The molecule has 0 unspecified atom stereocenters. The number of aryl methyl sites for hydroxylation is 1. The zero-order chi connectivity index (χ0) is 16.4. The lowest BCUT2D eigenvalue weighted by Crippen LogP contribution is -2.06. The van der Waals surface area contributed by atoms with E-state index in [0.29, 0.717) is 16.3 Å². The van der Waals surface area contributed by atoms with Crippen LogP contribution in [-0.2, 0) is 9.53 Å². The van der Waals surface area contributed by atoms with E-state index in [0.717, 1.165) is 11.1 Å². The fourth-order valence-corrected chi connectivity index (χ4v) is 2.39. The van der Waals surface area contributed by atoms with E-state index in [2.05, 4.69) is 4.99 Å². The third kappa shape index (κ3) is 3.27. The van der Waals surface area contributed by atoms with E-state index >= 15 is 0 Å². The Labute approximate surface area is 139 Å². The quantitative estimate of drug-likeness (QED) is 0.632. The van der Waals surface area contributed by atoms with Crippen LogP contribution in [0, 0.1) is 6.92 Å². The molecule has 3 rings (SSSR count). The summed E-state index contributed by atoms with van der Waals surface area (Å²) in [5.74, 6) is 0.326. The van der Waals surface area contributed by atoms with Gasteiger partial charge in [0, 0.05) is 0 Å². The Morgan fingerprint density at radius 3 is 2.57 bits per heavy atom. The average Bonchev–Trinajstić information content (AvgIpc) is 2.90. The number of methoxy groups -OCH3 is 1. The molecular weight excluding hydrogens is 314 g/mol. The molecule has 0 saturated carbocycles. The van der Waals surface area contributed by atoms with Gasteiger partial charge in [0.15, 0.2) is 5.70 Å². The molecule has 0 aromatic heterocycles. The summed E-state index contributed by atoms with van der Waals surface area (Å²) < 4.78 is 10.3. The lowest BCUT2D eigenvalue weighted by Gasteiger charge is -2.05. The van der Waals surface area contributed by atoms with Crippen LogP contribution in [0.3, 0.4) is 0 Å². The zero-order valence-corrected chi connectivity index (χ0v) is 13.4. The summed E-state index contributed by atoms with van der Waals surface area (Å²) in [6.45, 7) is 2.00. The van der Waals surface area contributed by atoms with Gasteiger partial charge in [0.2, 0.25) is 5.90 Å². The van der Waals surface area contributed by atoms with E-state index in [1.165, 1.54) is 0 Å². The van der Waals surface area contributed by atoms with Crippen LogP contribution < -0.4 is 4.74 Å². The number of carbonyl (C=O) groups excluding carboxylic acids is 1. The van der Waals surface area contributed by atoms with Gasteiger partial charge in [-0.1, -0.05) is 41.4 Å². The van der Waals surface area contributed by atoms with Crippen molar-refractivity contribution in [1.29, 1.82) is 0 Å². The van der Waals surface area contributed by atoms with Gasteiger partial charge in [0.25, 0.3) is 0 Å². The van der Waals surface area contributed by atoms with E-state index in [1.54, 1.807) is 31.4 Å². The fraction of sp³-hybridized carbons (Fsp3) is 0.111. The molecule has 0 amide bonds. The van der Waals surface area contributed by atoms with Gasteiger partial charge >= 0.3 is 5.97 Å². The third-order valence-electron chi connectivity index (χ3n) is 3.41. The summed E-state index contributed by atoms with van der Waals surface area (Å²) in [7, 11) is 1.56. The Hall–Kier alpha value is -2.59. The molecular formula is C18H14ClNO3. The third-order valence-corrected chi connectivity index (χ3v) is 3.72. The van der Waals surface area contributed by atoms with Crippen LogP contribution in [0.25, 0.3) is 6.08 Å². The molecule has 0 spiro atoms. The van der Waals surface area contributed by atoms with E-state index < -0.39 is 5.97 Å². The van der Waals surface area contributed by atoms with Gasteiger partial charge in [-0.05, 0) is 36.8 Å². The number of aliphatic imine (C=N–C) groups is 1. The minimum absolute atomic E-state index is 0.195. The second kappa shape index (κ2) is 6.26. The van der Waals surface area contributed by atoms with Crippen molar-refractivity contribution >= 4 is 29.5 Å². The molecule has 1 heterocycles. The predicted molar refractivity (Wildman–Crippen MR) is 89.8 cm³/mol. The molecule has 5 heteroatoms. The predicted octanol–water partition coefficient (Wildman–Crippen LogP) is 4.00. The van der Waals surface area contributed by atoms with Crippen molar-refractivity contribution < 1.29 is 14.3 Å². The van der Waals surface area contributed by atoms with Gasteiger partial charge in [-0.3, -0.25) is 0 Å². The maximum atomic E-state index is 12.0. The first-order chi connectivity index (χ1) is 11.1. The molecule has 0 N–H and O–H groups in total. The van der Waals surface area contributed by atoms with Crippen LogP contribution in [0.4, 0.5) is 0 Å². The lowest BCUT2D eigenvalue weighted by atomic mass is 10.1. The molecule has 0 bridgehead atoms. The highest BCUT2D eigenvalue weighted by Crippen LogP contribution is 2.27. The largest absolute Gasteiger partial charge is 0.497 e. The second-order valence-corrected chi connectivity index (χ2v) is 5.50. The SMILES string of the molecule is COc1ccc(C2=N/C(=C\c3ccc(C)cc3)C(=O)O2)c(Cl)c1. The van der Waals surface area contributed by atoms with Crippen molar-refractivity contribution in [2.45, 2.75) is 6.92 Å². The first-order valence-corrected chi connectivity index (χ1v) is 7.38. The van der Waals surface area contributed by atoms with Gasteiger partial charge in [-0.25, -0.2) is 9.79 Å². The first-order valence-electron chi connectivity index (χ1n) is 7.00. The smallest absolute Gasteiger partial charge is 0.363 e. The Balaban J connectivity index is 1.93. The molecule has 0 fully saturated rings. The number of hydrogen-bond donors (Lipinski definition) is 0. The van der Waals surface area contributed by atoms with Crippen LogP contribution >= 0.6 is 11.6 Å². The zero-order valence-electron chi connectivity index (χ0n) is 12.7. The maximum absolute atomic E-state index is 12.0. The van der Waals surface area contributed by atoms with Crippen molar-refractivity contribution in [3.8, 4) is 5.75 Å². The van der Waals surface area contributed by atoms with Gasteiger partial charge < -0.3 is 9.47 Å². The summed E-state index contributed by atoms with van der Waals surface area (Å²) in [5.41, 5.74) is 2.83. The second-order valence-electron chi connectivity index (χ2n) is 5.09. The molecule has 2 aromatic carbocycles. The van der Waals surface area contributed by atoms with Crippen molar-refractivity contribution in [2.24, 2.45) is 4.99 Å². The molecule has 116 valence electrons. The van der Waals surface area contributed by atoms with E-state index in [-0.39, 0.29) is 11.6 Å². The Kier molecular flexibility index (Phi) is 4.17. The van der Waals surface area contributed by atoms with Gasteiger partial charge in [0.05, 0.1) is 17.7 Å². The normalized spacial score (nSPS) is 15.5. The van der Waals surface area contributed by atoms with Crippen molar-refractivity contribution in [3.05, 3.63) is 69.9 Å². The molecule has 1 aliphatic rings. The van der Waals surface area contributed by atoms with Gasteiger partial charge in [-0.2, -0.15) is 0 Å². The van der Waals surface area contributed by atoms with Crippen molar-refractivity contribution in [1.82, 2.24) is 0 Å². The van der Waals surface area contributed by atoms with E-state index in [4.69, 9.17) is 21.1 Å². The number of hydrogen-bond acceptors (Lipinski definition) is 4. The molecule has 23 heavy (non-hydrogen) atoms. The maximum Gasteiger partial charge on any atom is 0.363 e.